The smallest absolute Gasteiger partial charge is 0.255 e. The molecule has 0 aromatic heterocycles. The zero-order chi connectivity index (χ0) is 17.3. The van der Waals surface area contributed by atoms with Crippen molar-refractivity contribution < 1.29 is 18.7 Å². The van der Waals surface area contributed by atoms with Gasteiger partial charge in [-0.1, -0.05) is 17.7 Å². The maximum Gasteiger partial charge on any atom is 0.255 e. The predicted octanol–water partition coefficient (Wildman–Crippen LogP) is 0.881. The van der Waals surface area contributed by atoms with Crippen LogP contribution in [0, 0.1) is 5.82 Å². The molecular formula is C16H19ClFN3O3. The van der Waals surface area contributed by atoms with Gasteiger partial charge in [-0.15, -0.1) is 0 Å². The highest BCUT2D eigenvalue weighted by Crippen LogP contribution is 2.28. The van der Waals surface area contributed by atoms with Crippen molar-refractivity contribution in [2.45, 2.75) is 12.0 Å². The van der Waals surface area contributed by atoms with Crippen LogP contribution in [0.2, 0.25) is 5.02 Å². The van der Waals surface area contributed by atoms with Crippen LogP contribution in [-0.4, -0.2) is 66.5 Å². The lowest BCUT2D eigenvalue weighted by Crippen LogP contribution is -2.63. The third-order valence-corrected chi connectivity index (χ3v) is 5.20. The number of piperazine rings is 1. The summed E-state index contributed by atoms with van der Waals surface area (Å²) in [5, 5.41) is -0.164. The first-order valence-corrected chi connectivity index (χ1v) is 8.19. The number of nitrogens with zero attached hydrogens (tertiary/aromatic N) is 2. The Morgan fingerprint density at radius 3 is 2.54 bits per heavy atom. The lowest BCUT2D eigenvalue weighted by atomic mass is 9.94. The number of halogens is 2. The minimum atomic E-state index is -0.786. The van der Waals surface area contributed by atoms with E-state index in [1.165, 1.54) is 18.2 Å². The topological polar surface area (TPSA) is 75.9 Å². The van der Waals surface area contributed by atoms with Gasteiger partial charge in [-0.3, -0.25) is 14.5 Å². The highest BCUT2D eigenvalue weighted by molar-refractivity contribution is 6.34. The van der Waals surface area contributed by atoms with Crippen molar-refractivity contribution in [1.82, 2.24) is 9.80 Å². The van der Waals surface area contributed by atoms with Crippen LogP contribution in [0.1, 0.15) is 16.8 Å². The highest BCUT2D eigenvalue weighted by Gasteiger charge is 2.47. The van der Waals surface area contributed by atoms with Crippen molar-refractivity contribution in [2.24, 2.45) is 5.73 Å². The summed E-state index contributed by atoms with van der Waals surface area (Å²) in [7, 11) is 0. The second kappa shape index (κ2) is 6.66. The molecule has 3 rings (SSSR count). The summed E-state index contributed by atoms with van der Waals surface area (Å²) in [5.41, 5.74) is 4.95. The Morgan fingerprint density at radius 1 is 1.25 bits per heavy atom. The Morgan fingerprint density at radius 2 is 1.96 bits per heavy atom. The highest BCUT2D eigenvalue weighted by atomic mass is 35.5. The minimum Gasteiger partial charge on any atom is -0.379 e. The van der Waals surface area contributed by atoms with Crippen LogP contribution in [0.15, 0.2) is 18.2 Å². The molecule has 2 N–H and O–H groups in total. The maximum atomic E-state index is 13.5. The third kappa shape index (κ3) is 2.87. The van der Waals surface area contributed by atoms with Gasteiger partial charge in [0, 0.05) is 39.2 Å². The van der Waals surface area contributed by atoms with E-state index in [0.717, 1.165) is 0 Å². The van der Waals surface area contributed by atoms with E-state index < -0.39 is 17.3 Å². The van der Waals surface area contributed by atoms with Gasteiger partial charge in [-0.25, -0.2) is 4.39 Å². The summed E-state index contributed by atoms with van der Waals surface area (Å²) in [6, 6.07) is 4.19. The van der Waals surface area contributed by atoms with Crippen molar-refractivity contribution in [3.63, 3.8) is 0 Å². The Balaban J connectivity index is 1.70. The molecule has 2 amide bonds. The molecule has 1 atom stereocenters. The number of hydrogen-bond donors (Lipinski definition) is 1. The average Bonchev–Trinajstić information content (AvgIpc) is 3.08. The molecular weight excluding hydrogens is 337 g/mol. The second-order valence-corrected chi connectivity index (χ2v) is 6.46. The van der Waals surface area contributed by atoms with Crippen LogP contribution in [0.3, 0.4) is 0 Å². The number of benzene rings is 1. The third-order valence-electron chi connectivity index (χ3n) is 4.81. The van der Waals surface area contributed by atoms with E-state index in [1.807, 2.05) is 4.90 Å². The van der Waals surface area contributed by atoms with Gasteiger partial charge in [-0.05, 0) is 12.1 Å². The second-order valence-electron chi connectivity index (χ2n) is 6.08. The van der Waals surface area contributed by atoms with Gasteiger partial charge in [0.05, 0.1) is 17.2 Å². The van der Waals surface area contributed by atoms with Gasteiger partial charge >= 0.3 is 0 Å². The molecule has 0 bridgehead atoms. The Labute approximate surface area is 144 Å². The lowest BCUT2D eigenvalue weighted by Gasteiger charge is -2.43. The molecule has 2 aliphatic heterocycles. The Bertz CT molecular complexity index is 656. The Kier molecular flexibility index (Phi) is 4.76. The molecule has 1 aromatic rings. The van der Waals surface area contributed by atoms with Crippen molar-refractivity contribution in [3.05, 3.63) is 34.6 Å². The van der Waals surface area contributed by atoms with E-state index in [4.69, 9.17) is 22.1 Å². The van der Waals surface area contributed by atoms with E-state index in [0.29, 0.717) is 39.2 Å². The fourth-order valence-corrected chi connectivity index (χ4v) is 3.54. The van der Waals surface area contributed by atoms with E-state index in [-0.39, 0.29) is 23.1 Å². The van der Waals surface area contributed by atoms with Crippen LogP contribution in [0.25, 0.3) is 0 Å². The SMILES string of the molecule is NC(=O)C1(N2CCN(C(=O)c3cccc(F)c3Cl)CC2)CCOC1. The van der Waals surface area contributed by atoms with E-state index >= 15 is 0 Å². The Hall–Kier alpha value is -1.70. The minimum absolute atomic E-state index is 0.152. The maximum absolute atomic E-state index is 13.5. The molecule has 1 unspecified atom stereocenters. The molecule has 24 heavy (non-hydrogen) atoms. The summed E-state index contributed by atoms with van der Waals surface area (Å²) in [6.07, 6.45) is 0.562. The first-order chi connectivity index (χ1) is 11.5. The number of hydrogen-bond acceptors (Lipinski definition) is 4. The van der Waals surface area contributed by atoms with E-state index in [9.17, 15) is 14.0 Å². The number of primary amides is 1. The lowest BCUT2D eigenvalue weighted by molar-refractivity contribution is -0.131. The summed E-state index contributed by atoms with van der Waals surface area (Å²) < 4.78 is 18.9. The largest absolute Gasteiger partial charge is 0.379 e. The van der Waals surface area contributed by atoms with Crippen LogP contribution in [0.4, 0.5) is 4.39 Å². The van der Waals surface area contributed by atoms with E-state index in [1.54, 1.807) is 4.90 Å². The summed E-state index contributed by atoms with van der Waals surface area (Å²) >= 11 is 5.89. The van der Waals surface area contributed by atoms with Gasteiger partial charge in [0.2, 0.25) is 5.91 Å². The number of rotatable bonds is 3. The van der Waals surface area contributed by atoms with E-state index in [2.05, 4.69) is 0 Å². The predicted molar refractivity (Wildman–Crippen MR) is 86.2 cm³/mol. The van der Waals surface area contributed by atoms with Crippen molar-refractivity contribution in [2.75, 3.05) is 39.4 Å². The standard InChI is InChI=1S/C16H19ClFN3O3/c17-13-11(2-1-3-12(13)18)14(22)20-5-7-21(8-6-20)16(15(19)23)4-9-24-10-16/h1-3H,4-10H2,(H2,19,23). The van der Waals surface area contributed by atoms with Gasteiger partial charge in [0.25, 0.3) is 5.91 Å². The van der Waals surface area contributed by atoms with Crippen molar-refractivity contribution in [1.29, 1.82) is 0 Å². The van der Waals surface area contributed by atoms with Crippen LogP contribution in [-0.2, 0) is 9.53 Å². The van der Waals surface area contributed by atoms with Crippen molar-refractivity contribution in [3.8, 4) is 0 Å². The average molecular weight is 356 g/mol. The normalized spacial score (nSPS) is 25.0. The molecule has 0 aliphatic carbocycles. The monoisotopic (exact) mass is 355 g/mol. The molecule has 0 spiro atoms. The van der Waals surface area contributed by atoms with Gasteiger partial charge in [-0.2, -0.15) is 0 Å². The zero-order valence-electron chi connectivity index (χ0n) is 13.1. The van der Waals surface area contributed by atoms with Gasteiger partial charge < -0.3 is 15.4 Å². The van der Waals surface area contributed by atoms with Gasteiger partial charge in [0.15, 0.2) is 0 Å². The summed E-state index contributed by atoms with van der Waals surface area (Å²) in [6.45, 7) is 2.63. The number of amides is 2. The molecule has 8 heteroatoms. The van der Waals surface area contributed by atoms with Crippen LogP contribution < -0.4 is 5.73 Å². The van der Waals surface area contributed by atoms with Crippen LogP contribution in [0.5, 0.6) is 0 Å². The fraction of sp³-hybridized carbons (Fsp3) is 0.500. The van der Waals surface area contributed by atoms with Gasteiger partial charge in [0.1, 0.15) is 11.4 Å². The number of nitrogens with two attached hydrogens (primary N) is 1. The fourth-order valence-electron chi connectivity index (χ4n) is 3.33. The molecule has 6 nitrogen and oxygen atoms in total. The summed E-state index contributed by atoms with van der Waals surface area (Å²) in [4.78, 5) is 28.1. The summed E-state index contributed by atoms with van der Waals surface area (Å²) in [5.74, 6) is -1.32. The first kappa shape index (κ1) is 17.1. The molecule has 2 heterocycles. The molecule has 130 valence electrons. The molecule has 0 saturated carbocycles. The number of ether oxygens (including phenoxy) is 1. The molecule has 2 fully saturated rings. The molecule has 0 radical (unpaired) electrons. The van der Waals surface area contributed by atoms with Crippen LogP contribution >= 0.6 is 11.6 Å². The molecule has 2 saturated heterocycles. The number of carbonyl (C=O) groups excluding carboxylic acids is 2. The first-order valence-electron chi connectivity index (χ1n) is 7.82. The molecule has 1 aromatic carbocycles. The zero-order valence-corrected chi connectivity index (χ0v) is 13.9. The quantitative estimate of drug-likeness (QED) is 0.873. The number of carbonyl (C=O) groups is 2. The molecule has 2 aliphatic rings. The van der Waals surface area contributed by atoms with Crippen molar-refractivity contribution >= 4 is 23.4 Å².